The Morgan fingerprint density at radius 3 is 2.95 bits per heavy atom. The SMILES string of the molecule is COC(=O)c1nc(C2(CO)COC2)n2ccccc12. The van der Waals surface area contributed by atoms with E-state index < -0.39 is 11.4 Å². The maximum Gasteiger partial charge on any atom is 0.358 e. The van der Waals surface area contributed by atoms with E-state index in [4.69, 9.17) is 9.47 Å². The minimum absolute atomic E-state index is 0.0678. The molecule has 3 rings (SSSR count). The molecule has 0 saturated carbocycles. The summed E-state index contributed by atoms with van der Waals surface area (Å²) in [6.45, 7) is 0.734. The molecule has 1 fully saturated rings. The highest BCUT2D eigenvalue weighted by Gasteiger charge is 2.44. The predicted octanol–water partition coefficient (Wildman–Crippen LogP) is 0.381. The number of ether oxygens (including phenoxy) is 2. The van der Waals surface area contributed by atoms with E-state index in [1.54, 1.807) is 6.07 Å². The average Bonchev–Trinajstić information content (AvgIpc) is 2.78. The van der Waals surface area contributed by atoms with Gasteiger partial charge in [0.1, 0.15) is 5.82 Å². The molecule has 0 aliphatic carbocycles. The first-order valence-corrected chi connectivity index (χ1v) is 5.96. The summed E-state index contributed by atoms with van der Waals surface area (Å²) in [5.74, 6) is 0.153. The van der Waals surface area contributed by atoms with Crippen LogP contribution >= 0.6 is 0 Å². The van der Waals surface area contributed by atoms with Crippen molar-refractivity contribution in [1.82, 2.24) is 9.38 Å². The fraction of sp³-hybridized carbons (Fsp3) is 0.385. The Morgan fingerprint density at radius 2 is 2.37 bits per heavy atom. The Balaban J connectivity index is 2.23. The molecule has 2 aromatic heterocycles. The van der Waals surface area contributed by atoms with E-state index in [-0.39, 0.29) is 12.3 Å². The monoisotopic (exact) mass is 262 g/mol. The van der Waals surface area contributed by atoms with Crippen LogP contribution in [0.2, 0.25) is 0 Å². The summed E-state index contributed by atoms with van der Waals surface area (Å²) in [5.41, 5.74) is 0.401. The zero-order chi connectivity index (χ0) is 13.5. The first kappa shape index (κ1) is 12.1. The lowest BCUT2D eigenvalue weighted by Gasteiger charge is -2.38. The Hall–Kier alpha value is -1.92. The Bertz CT molecular complexity index is 625. The molecule has 3 heterocycles. The van der Waals surface area contributed by atoms with Gasteiger partial charge in [0.05, 0.1) is 37.9 Å². The minimum atomic E-state index is -0.531. The highest BCUT2D eigenvalue weighted by atomic mass is 16.5. The van der Waals surface area contributed by atoms with Crippen LogP contribution in [0.1, 0.15) is 16.3 Å². The molecule has 100 valence electrons. The zero-order valence-electron chi connectivity index (χ0n) is 10.5. The number of aromatic nitrogens is 2. The Kier molecular flexibility index (Phi) is 2.76. The van der Waals surface area contributed by atoms with Gasteiger partial charge in [-0.05, 0) is 12.1 Å². The van der Waals surface area contributed by atoms with Crippen LogP contribution in [0.3, 0.4) is 0 Å². The first-order valence-electron chi connectivity index (χ1n) is 5.96. The van der Waals surface area contributed by atoms with Gasteiger partial charge in [0, 0.05) is 6.20 Å². The number of methoxy groups -OCH3 is 1. The number of carbonyl (C=O) groups is 1. The summed E-state index contributed by atoms with van der Waals surface area (Å²) in [6, 6.07) is 5.48. The Morgan fingerprint density at radius 1 is 1.58 bits per heavy atom. The third kappa shape index (κ3) is 1.64. The number of hydrogen-bond donors (Lipinski definition) is 1. The number of fused-ring (bicyclic) bond motifs is 1. The van der Waals surface area contributed by atoms with E-state index in [1.807, 2.05) is 22.7 Å². The van der Waals surface area contributed by atoms with Crippen molar-refractivity contribution in [2.45, 2.75) is 5.41 Å². The predicted molar refractivity (Wildman–Crippen MR) is 66.1 cm³/mol. The van der Waals surface area contributed by atoms with Crippen molar-refractivity contribution in [3.63, 3.8) is 0 Å². The second-order valence-electron chi connectivity index (χ2n) is 4.66. The van der Waals surface area contributed by atoms with Gasteiger partial charge in [-0.3, -0.25) is 0 Å². The van der Waals surface area contributed by atoms with Gasteiger partial charge in [-0.2, -0.15) is 0 Å². The van der Waals surface area contributed by atoms with E-state index in [9.17, 15) is 9.90 Å². The lowest BCUT2D eigenvalue weighted by atomic mass is 9.86. The van der Waals surface area contributed by atoms with Gasteiger partial charge < -0.3 is 19.0 Å². The number of carbonyl (C=O) groups excluding carboxylic acids is 1. The van der Waals surface area contributed by atoms with Crippen LogP contribution in [0.25, 0.3) is 5.52 Å². The van der Waals surface area contributed by atoms with Crippen molar-refractivity contribution in [1.29, 1.82) is 0 Å². The lowest BCUT2D eigenvalue weighted by molar-refractivity contribution is -0.0887. The molecule has 1 aliphatic rings. The number of imidazole rings is 1. The van der Waals surface area contributed by atoms with Crippen LogP contribution in [0.4, 0.5) is 0 Å². The number of nitrogens with zero attached hydrogens (tertiary/aromatic N) is 2. The van der Waals surface area contributed by atoms with Crippen LogP contribution in [0, 0.1) is 0 Å². The third-order valence-electron chi connectivity index (χ3n) is 3.46. The van der Waals surface area contributed by atoms with Crippen molar-refractivity contribution in [3.8, 4) is 0 Å². The van der Waals surface area contributed by atoms with E-state index >= 15 is 0 Å². The maximum atomic E-state index is 11.8. The summed E-state index contributed by atoms with van der Waals surface area (Å²) in [7, 11) is 1.32. The smallest absolute Gasteiger partial charge is 0.358 e. The first-order chi connectivity index (χ1) is 9.22. The fourth-order valence-electron chi connectivity index (χ4n) is 2.30. The fourth-order valence-corrected chi connectivity index (χ4v) is 2.30. The van der Waals surface area contributed by atoms with Gasteiger partial charge in [-0.1, -0.05) is 6.07 Å². The van der Waals surface area contributed by atoms with Crippen LogP contribution in [-0.4, -0.2) is 47.4 Å². The van der Waals surface area contributed by atoms with Crippen molar-refractivity contribution >= 4 is 11.5 Å². The highest BCUT2D eigenvalue weighted by Crippen LogP contribution is 2.32. The van der Waals surface area contributed by atoms with Crippen LogP contribution < -0.4 is 0 Å². The molecule has 0 radical (unpaired) electrons. The molecule has 1 saturated heterocycles. The van der Waals surface area contributed by atoms with Gasteiger partial charge in [0.15, 0.2) is 5.69 Å². The van der Waals surface area contributed by atoms with Crippen molar-refractivity contribution < 1.29 is 19.4 Å². The summed E-state index contributed by atoms with van der Waals surface area (Å²) in [5, 5.41) is 9.60. The number of rotatable bonds is 3. The molecule has 0 aromatic carbocycles. The van der Waals surface area contributed by atoms with E-state index in [1.165, 1.54) is 7.11 Å². The van der Waals surface area contributed by atoms with Gasteiger partial charge in [0.2, 0.25) is 0 Å². The number of hydrogen-bond acceptors (Lipinski definition) is 5. The summed E-state index contributed by atoms with van der Waals surface area (Å²) in [6.07, 6.45) is 1.82. The number of aliphatic hydroxyl groups excluding tert-OH is 1. The van der Waals surface area contributed by atoms with Gasteiger partial charge in [-0.25, -0.2) is 9.78 Å². The molecule has 0 bridgehead atoms. The summed E-state index contributed by atoms with van der Waals surface area (Å²) in [4.78, 5) is 16.1. The Labute approximate surface area is 109 Å². The van der Waals surface area contributed by atoms with E-state index in [0.29, 0.717) is 24.6 Å². The molecule has 19 heavy (non-hydrogen) atoms. The van der Waals surface area contributed by atoms with Gasteiger partial charge in [0.25, 0.3) is 0 Å². The van der Waals surface area contributed by atoms with Gasteiger partial charge in [-0.15, -0.1) is 0 Å². The van der Waals surface area contributed by atoms with Crippen LogP contribution in [-0.2, 0) is 14.9 Å². The normalized spacial score (nSPS) is 17.2. The van der Waals surface area contributed by atoms with Crippen LogP contribution in [0.15, 0.2) is 24.4 Å². The van der Waals surface area contributed by atoms with Crippen LogP contribution in [0.5, 0.6) is 0 Å². The lowest BCUT2D eigenvalue weighted by Crippen LogP contribution is -2.51. The summed E-state index contributed by atoms with van der Waals surface area (Å²) >= 11 is 0. The molecule has 1 aliphatic heterocycles. The molecular weight excluding hydrogens is 248 g/mol. The van der Waals surface area contributed by atoms with E-state index in [0.717, 1.165) is 0 Å². The molecule has 6 nitrogen and oxygen atoms in total. The molecule has 1 N–H and O–H groups in total. The zero-order valence-corrected chi connectivity index (χ0v) is 10.5. The molecule has 6 heteroatoms. The molecule has 2 aromatic rings. The standard InChI is InChI=1S/C13H14N2O4/c1-18-11(17)10-9-4-2-3-5-15(9)12(14-10)13(6-16)7-19-8-13/h2-5,16H,6-8H2,1H3. The molecule has 0 atom stereocenters. The minimum Gasteiger partial charge on any atom is -0.464 e. The van der Waals surface area contributed by atoms with Crippen molar-refractivity contribution in [3.05, 3.63) is 35.9 Å². The number of pyridine rings is 1. The second kappa shape index (κ2) is 4.32. The third-order valence-corrected chi connectivity index (χ3v) is 3.46. The van der Waals surface area contributed by atoms with Crippen molar-refractivity contribution in [2.24, 2.45) is 0 Å². The number of esters is 1. The quantitative estimate of drug-likeness (QED) is 0.810. The topological polar surface area (TPSA) is 73.1 Å². The van der Waals surface area contributed by atoms with Gasteiger partial charge >= 0.3 is 5.97 Å². The number of aliphatic hydroxyl groups is 1. The second-order valence-corrected chi connectivity index (χ2v) is 4.66. The van der Waals surface area contributed by atoms with E-state index in [2.05, 4.69) is 4.98 Å². The largest absolute Gasteiger partial charge is 0.464 e. The molecule has 0 spiro atoms. The van der Waals surface area contributed by atoms with Crippen molar-refractivity contribution in [2.75, 3.05) is 26.9 Å². The summed E-state index contributed by atoms with van der Waals surface area (Å²) < 4.78 is 11.8. The highest BCUT2D eigenvalue weighted by molar-refractivity contribution is 5.95. The maximum absolute atomic E-state index is 11.8. The average molecular weight is 262 g/mol. The molecule has 0 unspecified atom stereocenters. The molecular formula is C13H14N2O4. The molecule has 0 amide bonds.